The lowest BCUT2D eigenvalue weighted by Crippen LogP contribution is -2.38. The van der Waals surface area contributed by atoms with Gasteiger partial charge in [-0.1, -0.05) is 17.7 Å². The summed E-state index contributed by atoms with van der Waals surface area (Å²) in [6, 6.07) is 5.75. The SMILES string of the molecule is COc1ccc(C)cc1CC(=O)N(CC(=O)O)C1CC1. The molecule has 1 aliphatic carbocycles. The van der Waals surface area contributed by atoms with Gasteiger partial charge in [0.25, 0.3) is 0 Å². The molecule has 0 aliphatic heterocycles. The number of ether oxygens (including phenoxy) is 1. The van der Waals surface area contributed by atoms with Crippen molar-refractivity contribution in [2.24, 2.45) is 0 Å². The number of benzene rings is 1. The van der Waals surface area contributed by atoms with Crippen LogP contribution in [0, 0.1) is 6.92 Å². The number of carboxylic acids is 1. The van der Waals surface area contributed by atoms with Crippen LogP contribution in [0.2, 0.25) is 0 Å². The Kier molecular flexibility index (Phi) is 4.27. The Hall–Kier alpha value is -2.04. The number of methoxy groups -OCH3 is 1. The number of carboxylic acid groups (broad SMARTS) is 1. The van der Waals surface area contributed by atoms with Crippen molar-refractivity contribution >= 4 is 11.9 Å². The molecule has 108 valence electrons. The number of aliphatic carboxylic acids is 1. The summed E-state index contributed by atoms with van der Waals surface area (Å²) in [5, 5.41) is 8.90. The third-order valence-electron chi connectivity index (χ3n) is 3.39. The van der Waals surface area contributed by atoms with Gasteiger partial charge in [-0.2, -0.15) is 0 Å². The van der Waals surface area contributed by atoms with Crippen molar-refractivity contribution in [3.63, 3.8) is 0 Å². The quantitative estimate of drug-likeness (QED) is 0.858. The number of aryl methyl sites for hydroxylation is 1. The first-order valence-corrected chi connectivity index (χ1v) is 6.66. The van der Waals surface area contributed by atoms with Gasteiger partial charge in [-0.15, -0.1) is 0 Å². The minimum Gasteiger partial charge on any atom is -0.496 e. The first-order valence-electron chi connectivity index (χ1n) is 6.66. The Labute approximate surface area is 118 Å². The third kappa shape index (κ3) is 3.50. The summed E-state index contributed by atoms with van der Waals surface area (Å²) in [6.07, 6.45) is 1.96. The summed E-state index contributed by atoms with van der Waals surface area (Å²) < 4.78 is 5.25. The maximum atomic E-state index is 12.3. The van der Waals surface area contributed by atoms with E-state index in [1.54, 1.807) is 7.11 Å². The van der Waals surface area contributed by atoms with Crippen molar-refractivity contribution in [2.75, 3.05) is 13.7 Å². The van der Waals surface area contributed by atoms with Crippen LogP contribution in [0.15, 0.2) is 18.2 Å². The van der Waals surface area contributed by atoms with E-state index in [4.69, 9.17) is 9.84 Å². The van der Waals surface area contributed by atoms with Crippen LogP contribution in [0.4, 0.5) is 0 Å². The molecular weight excluding hydrogens is 258 g/mol. The Balaban J connectivity index is 2.13. The van der Waals surface area contributed by atoms with E-state index in [0.717, 1.165) is 24.0 Å². The van der Waals surface area contributed by atoms with Gasteiger partial charge in [0.1, 0.15) is 12.3 Å². The Morgan fingerprint density at radius 2 is 2.10 bits per heavy atom. The van der Waals surface area contributed by atoms with E-state index in [1.165, 1.54) is 4.90 Å². The molecule has 0 saturated heterocycles. The van der Waals surface area contributed by atoms with Crippen molar-refractivity contribution in [1.82, 2.24) is 4.90 Å². The molecule has 5 heteroatoms. The molecule has 1 amide bonds. The predicted molar refractivity (Wildman–Crippen MR) is 73.8 cm³/mol. The van der Waals surface area contributed by atoms with Gasteiger partial charge in [0.05, 0.1) is 13.5 Å². The highest BCUT2D eigenvalue weighted by atomic mass is 16.5. The number of amides is 1. The molecular formula is C15H19NO4. The Morgan fingerprint density at radius 1 is 1.40 bits per heavy atom. The molecule has 0 bridgehead atoms. The first kappa shape index (κ1) is 14.4. The van der Waals surface area contributed by atoms with Gasteiger partial charge >= 0.3 is 5.97 Å². The van der Waals surface area contributed by atoms with E-state index in [1.807, 2.05) is 25.1 Å². The zero-order chi connectivity index (χ0) is 14.7. The van der Waals surface area contributed by atoms with Crippen LogP contribution < -0.4 is 4.74 Å². The molecule has 1 fully saturated rings. The topological polar surface area (TPSA) is 66.8 Å². The summed E-state index contributed by atoms with van der Waals surface area (Å²) >= 11 is 0. The second kappa shape index (κ2) is 5.94. The largest absolute Gasteiger partial charge is 0.496 e. The molecule has 0 spiro atoms. The Morgan fingerprint density at radius 3 is 2.65 bits per heavy atom. The fraction of sp³-hybridized carbons (Fsp3) is 0.467. The second-order valence-electron chi connectivity index (χ2n) is 5.14. The van der Waals surface area contributed by atoms with E-state index < -0.39 is 5.97 Å². The molecule has 1 aromatic carbocycles. The van der Waals surface area contributed by atoms with Crippen LogP contribution in [0.3, 0.4) is 0 Å². The third-order valence-corrected chi connectivity index (χ3v) is 3.39. The van der Waals surface area contributed by atoms with Gasteiger partial charge in [-0.05, 0) is 25.8 Å². The zero-order valence-corrected chi connectivity index (χ0v) is 11.8. The second-order valence-corrected chi connectivity index (χ2v) is 5.14. The molecule has 0 atom stereocenters. The summed E-state index contributed by atoms with van der Waals surface area (Å²) in [5.74, 6) is -0.463. The molecule has 0 unspecified atom stereocenters. The summed E-state index contributed by atoms with van der Waals surface area (Å²) in [5.41, 5.74) is 1.85. The summed E-state index contributed by atoms with van der Waals surface area (Å²) in [7, 11) is 1.56. The maximum Gasteiger partial charge on any atom is 0.323 e. The highest BCUT2D eigenvalue weighted by Gasteiger charge is 2.33. The fourth-order valence-corrected chi connectivity index (χ4v) is 2.26. The number of carbonyl (C=O) groups excluding carboxylic acids is 1. The van der Waals surface area contributed by atoms with Gasteiger partial charge in [0.15, 0.2) is 0 Å². The maximum absolute atomic E-state index is 12.3. The lowest BCUT2D eigenvalue weighted by Gasteiger charge is -2.21. The zero-order valence-electron chi connectivity index (χ0n) is 11.8. The first-order chi connectivity index (χ1) is 9.51. The molecule has 0 radical (unpaired) electrons. The van der Waals surface area contributed by atoms with Crippen molar-refractivity contribution in [1.29, 1.82) is 0 Å². The van der Waals surface area contributed by atoms with Gasteiger partial charge in [-0.3, -0.25) is 9.59 Å². The standard InChI is InChI=1S/C15H19NO4/c1-10-3-6-13(20-2)11(7-10)8-14(17)16(9-15(18)19)12-4-5-12/h3,6-7,12H,4-5,8-9H2,1-2H3,(H,18,19). The molecule has 1 N–H and O–H groups in total. The van der Waals surface area contributed by atoms with Crippen LogP contribution in [0.25, 0.3) is 0 Å². The fourth-order valence-electron chi connectivity index (χ4n) is 2.26. The summed E-state index contributed by atoms with van der Waals surface area (Å²) in [4.78, 5) is 24.6. The molecule has 1 saturated carbocycles. The molecule has 1 aliphatic rings. The van der Waals surface area contributed by atoms with Crippen LogP contribution in [-0.2, 0) is 16.0 Å². The van der Waals surface area contributed by atoms with Gasteiger partial charge in [0.2, 0.25) is 5.91 Å². The van der Waals surface area contributed by atoms with Crippen LogP contribution in [-0.4, -0.2) is 41.6 Å². The van der Waals surface area contributed by atoms with E-state index in [9.17, 15) is 9.59 Å². The molecule has 0 aromatic heterocycles. The summed E-state index contributed by atoms with van der Waals surface area (Å²) in [6.45, 7) is 1.72. The lowest BCUT2D eigenvalue weighted by molar-refractivity contribution is -0.144. The number of rotatable bonds is 6. The van der Waals surface area contributed by atoms with Crippen LogP contribution in [0.1, 0.15) is 24.0 Å². The van der Waals surface area contributed by atoms with Crippen LogP contribution in [0.5, 0.6) is 5.75 Å². The number of carbonyl (C=O) groups is 2. The van der Waals surface area contributed by atoms with Gasteiger partial charge in [-0.25, -0.2) is 0 Å². The normalized spacial score (nSPS) is 13.9. The number of hydrogen-bond acceptors (Lipinski definition) is 3. The van der Waals surface area contributed by atoms with E-state index in [-0.39, 0.29) is 24.9 Å². The van der Waals surface area contributed by atoms with Crippen LogP contribution >= 0.6 is 0 Å². The van der Waals surface area contributed by atoms with Gasteiger partial charge < -0.3 is 14.7 Å². The van der Waals surface area contributed by atoms with E-state index >= 15 is 0 Å². The molecule has 1 aromatic rings. The van der Waals surface area contributed by atoms with Crippen molar-refractivity contribution in [3.8, 4) is 5.75 Å². The van der Waals surface area contributed by atoms with Crippen molar-refractivity contribution < 1.29 is 19.4 Å². The predicted octanol–water partition coefficient (Wildman–Crippen LogP) is 1.62. The highest BCUT2D eigenvalue weighted by Crippen LogP contribution is 2.28. The number of hydrogen-bond donors (Lipinski definition) is 1. The molecule has 2 rings (SSSR count). The lowest BCUT2D eigenvalue weighted by atomic mass is 10.1. The average molecular weight is 277 g/mol. The Bertz CT molecular complexity index is 523. The molecule has 0 heterocycles. The average Bonchev–Trinajstić information content (AvgIpc) is 3.20. The van der Waals surface area contributed by atoms with E-state index in [2.05, 4.69) is 0 Å². The van der Waals surface area contributed by atoms with Crippen molar-refractivity contribution in [2.45, 2.75) is 32.2 Å². The van der Waals surface area contributed by atoms with E-state index in [0.29, 0.717) is 5.75 Å². The smallest absolute Gasteiger partial charge is 0.323 e. The molecule has 5 nitrogen and oxygen atoms in total. The van der Waals surface area contributed by atoms with Crippen molar-refractivity contribution in [3.05, 3.63) is 29.3 Å². The monoisotopic (exact) mass is 277 g/mol. The van der Waals surface area contributed by atoms with Gasteiger partial charge in [0, 0.05) is 11.6 Å². The minimum atomic E-state index is -0.971. The minimum absolute atomic E-state index is 0.0920. The highest BCUT2D eigenvalue weighted by molar-refractivity contribution is 5.84. The number of nitrogens with zero attached hydrogens (tertiary/aromatic N) is 1. The molecule has 20 heavy (non-hydrogen) atoms.